The van der Waals surface area contributed by atoms with E-state index in [2.05, 4.69) is 25.7 Å². The van der Waals surface area contributed by atoms with E-state index in [4.69, 9.17) is 0 Å². The maximum atomic E-state index is 12.2. The predicted molar refractivity (Wildman–Crippen MR) is 57.7 cm³/mol. The van der Waals surface area contributed by atoms with Crippen molar-refractivity contribution < 1.29 is 13.2 Å². The number of aromatic nitrogens is 4. The molecule has 5 nitrogen and oxygen atoms in total. The van der Waals surface area contributed by atoms with Gasteiger partial charge in [0.2, 0.25) is 0 Å². The van der Waals surface area contributed by atoms with Crippen molar-refractivity contribution in [2.75, 3.05) is 5.32 Å². The van der Waals surface area contributed by atoms with Gasteiger partial charge in [-0.2, -0.15) is 18.3 Å². The van der Waals surface area contributed by atoms with Gasteiger partial charge in [0.1, 0.15) is 5.82 Å². The Bertz CT molecular complexity index is 517. The topological polar surface area (TPSA) is 66.5 Å². The molecule has 0 fully saturated rings. The van der Waals surface area contributed by atoms with Crippen molar-refractivity contribution in [3.63, 3.8) is 0 Å². The van der Waals surface area contributed by atoms with Crippen LogP contribution in [0.2, 0.25) is 0 Å². The molecule has 2 rings (SSSR count). The van der Waals surface area contributed by atoms with Gasteiger partial charge in [0.05, 0.1) is 18.4 Å². The van der Waals surface area contributed by atoms with Gasteiger partial charge >= 0.3 is 6.18 Å². The van der Waals surface area contributed by atoms with Crippen LogP contribution in [0, 0.1) is 6.92 Å². The predicted octanol–water partition coefficient (Wildman–Crippen LogP) is 2.14. The SMILES string of the molecule is Cc1cn[nH]c1CNc1ccc(C(F)(F)F)nn1. The monoisotopic (exact) mass is 257 g/mol. The van der Waals surface area contributed by atoms with Gasteiger partial charge in [-0.3, -0.25) is 5.10 Å². The molecule has 0 saturated carbocycles. The number of H-pyrrole nitrogens is 1. The summed E-state index contributed by atoms with van der Waals surface area (Å²) in [5.74, 6) is 0.275. The molecular weight excluding hydrogens is 247 g/mol. The van der Waals surface area contributed by atoms with E-state index in [1.54, 1.807) is 6.20 Å². The van der Waals surface area contributed by atoms with Gasteiger partial charge in [-0.15, -0.1) is 10.2 Å². The van der Waals surface area contributed by atoms with Gasteiger partial charge < -0.3 is 5.32 Å². The minimum Gasteiger partial charge on any atom is -0.363 e. The second-order valence-corrected chi connectivity index (χ2v) is 3.69. The van der Waals surface area contributed by atoms with E-state index in [0.29, 0.717) is 6.54 Å². The molecule has 96 valence electrons. The first-order valence-electron chi connectivity index (χ1n) is 5.10. The van der Waals surface area contributed by atoms with Crippen molar-refractivity contribution in [3.05, 3.63) is 35.3 Å². The highest BCUT2D eigenvalue weighted by molar-refractivity contribution is 5.34. The number of hydrogen-bond acceptors (Lipinski definition) is 4. The van der Waals surface area contributed by atoms with Crippen molar-refractivity contribution in [1.82, 2.24) is 20.4 Å². The fraction of sp³-hybridized carbons (Fsp3) is 0.300. The van der Waals surface area contributed by atoms with Crippen LogP contribution in [0.4, 0.5) is 19.0 Å². The van der Waals surface area contributed by atoms with E-state index >= 15 is 0 Å². The van der Waals surface area contributed by atoms with Gasteiger partial charge in [-0.05, 0) is 24.6 Å². The van der Waals surface area contributed by atoms with Crippen LogP contribution in [-0.4, -0.2) is 20.4 Å². The highest BCUT2D eigenvalue weighted by atomic mass is 19.4. The van der Waals surface area contributed by atoms with Crippen molar-refractivity contribution in [3.8, 4) is 0 Å². The van der Waals surface area contributed by atoms with Gasteiger partial charge in [0.25, 0.3) is 0 Å². The molecule has 0 amide bonds. The second kappa shape index (κ2) is 4.63. The van der Waals surface area contributed by atoms with E-state index in [1.165, 1.54) is 6.07 Å². The third-order valence-electron chi connectivity index (χ3n) is 2.33. The Balaban J connectivity index is 2.01. The summed E-state index contributed by atoms with van der Waals surface area (Å²) < 4.78 is 36.7. The maximum Gasteiger partial charge on any atom is 0.435 e. The number of anilines is 1. The molecule has 2 aromatic rings. The van der Waals surface area contributed by atoms with Crippen LogP contribution in [0.5, 0.6) is 0 Å². The zero-order valence-corrected chi connectivity index (χ0v) is 9.41. The molecule has 18 heavy (non-hydrogen) atoms. The Morgan fingerprint density at radius 3 is 2.56 bits per heavy atom. The molecule has 0 saturated heterocycles. The summed E-state index contributed by atoms with van der Waals surface area (Å²) in [6.07, 6.45) is -2.80. The molecule has 0 bridgehead atoms. The average Bonchev–Trinajstić information content (AvgIpc) is 2.72. The minimum absolute atomic E-state index is 0.275. The lowest BCUT2D eigenvalue weighted by Crippen LogP contribution is -2.10. The molecule has 8 heteroatoms. The molecule has 0 unspecified atom stereocenters. The molecule has 0 spiro atoms. The van der Waals surface area contributed by atoms with E-state index in [9.17, 15) is 13.2 Å². The summed E-state index contributed by atoms with van der Waals surface area (Å²) in [4.78, 5) is 0. The van der Waals surface area contributed by atoms with Crippen LogP contribution < -0.4 is 5.32 Å². The van der Waals surface area contributed by atoms with E-state index < -0.39 is 11.9 Å². The molecule has 2 aromatic heterocycles. The average molecular weight is 257 g/mol. The summed E-state index contributed by atoms with van der Waals surface area (Å²) in [6.45, 7) is 2.27. The molecule has 0 aliphatic carbocycles. The lowest BCUT2D eigenvalue weighted by atomic mass is 10.3. The Morgan fingerprint density at radius 2 is 2.06 bits per heavy atom. The molecule has 0 atom stereocenters. The van der Waals surface area contributed by atoms with Crippen LogP contribution in [-0.2, 0) is 12.7 Å². The smallest absolute Gasteiger partial charge is 0.363 e. The van der Waals surface area contributed by atoms with E-state index in [-0.39, 0.29) is 5.82 Å². The van der Waals surface area contributed by atoms with E-state index in [1.807, 2.05) is 6.92 Å². The van der Waals surface area contributed by atoms with Crippen LogP contribution >= 0.6 is 0 Å². The highest BCUT2D eigenvalue weighted by Crippen LogP contribution is 2.27. The third-order valence-corrected chi connectivity index (χ3v) is 2.33. The van der Waals surface area contributed by atoms with Crippen molar-refractivity contribution in [2.24, 2.45) is 0 Å². The third kappa shape index (κ3) is 2.76. The number of aromatic amines is 1. The molecule has 2 N–H and O–H groups in total. The van der Waals surface area contributed by atoms with Crippen LogP contribution in [0.1, 0.15) is 17.0 Å². The fourth-order valence-corrected chi connectivity index (χ4v) is 1.31. The van der Waals surface area contributed by atoms with Gasteiger partial charge in [-0.25, -0.2) is 0 Å². The summed E-state index contributed by atoms with van der Waals surface area (Å²) in [6, 6.07) is 2.12. The lowest BCUT2D eigenvalue weighted by Gasteiger charge is -2.06. The first kappa shape index (κ1) is 12.3. The van der Waals surface area contributed by atoms with Gasteiger partial charge in [-0.1, -0.05) is 0 Å². The lowest BCUT2D eigenvalue weighted by molar-refractivity contribution is -0.141. The van der Waals surface area contributed by atoms with Gasteiger partial charge in [0, 0.05) is 0 Å². The Hall–Kier alpha value is -2.12. The Kier molecular flexibility index (Phi) is 3.17. The molecule has 2 heterocycles. The molecule has 0 radical (unpaired) electrons. The van der Waals surface area contributed by atoms with Crippen molar-refractivity contribution >= 4 is 5.82 Å². The quantitative estimate of drug-likeness (QED) is 0.884. The summed E-state index contributed by atoms with van der Waals surface area (Å²) in [5, 5.41) is 16.0. The largest absolute Gasteiger partial charge is 0.435 e. The fourth-order valence-electron chi connectivity index (χ4n) is 1.31. The number of rotatable bonds is 3. The summed E-state index contributed by atoms with van der Waals surface area (Å²) in [7, 11) is 0. The highest BCUT2D eigenvalue weighted by Gasteiger charge is 2.32. The second-order valence-electron chi connectivity index (χ2n) is 3.69. The number of nitrogens with one attached hydrogen (secondary N) is 2. The number of halogens is 3. The molecule has 0 aliphatic heterocycles. The zero-order valence-electron chi connectivity index (χ0n) is 9.41. The molecule has 0 aromatic carbocycles. The van der Waals surface area contributed by atoms with E-state index in [0.717, 1.165) is 17.3 Å². The van der Waals surface area contributed by atoms with Crippen molar-refractivity contribution in [1.29, 1.82) is 0 Å². The Morgan fingerprint density at radius 1 is 1.28 bits per heavy atom. The zero-order chi connectivity index (χ0) is 13.2. The first-order chi connectivity index (χ1) is 8.47. The number of aryl methyl sites for hydroxylation is 1. The Labute approximate surface area is 100 Å². The maximum absolute atomic E-state index is 12.2. The minimum atomic E-state index is -4.47. The van der Waals surface area contributed by atoms with Gasteiger partial charge in [0.15, 0.2) is 5.69 Å². The molecule has 0 aliphatic rings. The van der Waals surface area contributed by atoms with Crippen molar-refractivity contribution in [2.45, 2.75) is 19.6 Å². The number of hydrogen-bond donors (Lipinski definition) is 2. The summed E-state index contributed by atoms with van der Waals surface area (Å²) in [5.41, 5.74) is 0.796. The van der Waals surface area contributed by atoms with Crippen LogP contribution in [0.3, 0.4) is 0 Å². The van der Waals surface area contributed by atoms with Crippen LogP contribution in [0.15, 0.2) is 18.3 Å². The molecular formula is C10H10F3N5. The standard InChI is InChI=1S/C10H10F3N5/c1-6-4-15-16-7(6)5-14-9-3-2-8(17-18-9)10(11,12)13/h2-4H,5H2,1H3,(H,14,18)(H,15,16). The number of nitrogens with zero attached hydrogens (tertiary/aromatic N) is 3. The van der Waals surface area contributed by atoms with Crippen LogP contribution in [0.25, 0.3) is 0 Å². The number of alkyl halides is 3. The summed E-state index contributed by atoms with van der Waals surface area (Å²) >= 11 is 0. The normalized spacial score (nSPS) is 11.6. The first-order valence-corrected chi connectivity index (χ1v) is 5.10.